The molecule has 0 saturated carbocycles. The fourth-order valence-corrected chi connectivity index (χ4v) is 5.24. The van der Waals surface area contributed by atoms with Crippen molar-refractivity contribution in [1.82, 2.24) is 14.5 Å². The molecule has 28 heavy (non-hydrogen) atoms. The molecule has 0 fully saturated rings. The Labute approximate surface area is 171 Å². The van der Waals surface area contributed by atoms with Crippen LogP contribution in [-0.4, -0.2) is 82.0 Å². The molecule has 0 unspecified atom stereocenters. The number of benzene rings is 1. The summed E-state index contributed by atoms with van der Waals surface area (Å²) in [6.45, 7) is 5.33. The van der Waals surface area contributed by atoms with Gasteiger partial charge in [0.25, 0.3) is 0 Å². The largest absolute Gasteiger partial charge is 0.353 e. The van der Waals surface area contributed by atoms with Crippen LogP contribution in [0.25, 0.3) is 0 Å². The Morgan fingerprint density at radius 1 is 1.25 bits per heavy atom. The first-order valence-corrected chi connectivity index (χ1v) is 11.6. The third-order valence-corrected chi connectivity index (χ3v) is 7.49. The highest BCUT2D eigenvalue weighted by Crippen LogP contribution is 2.37. The molecule has 0 aliphatic carbocycles. The number of thioether (sulfide) groups is 1. The lowest BCUT2D eigenvalue weighted by atomic mass is 10.2. The highest BCUT2D eigenvalue weighted by atomic mass is 32.2. The second-order valence-corrected chi connectivity index (χ2v) is 9.60. The van der Waals surface area contributed by atoms with Crippen molar-refractivity contribution in [1.29, 1.82) is 0 Å². The maximum atomic E-state index is 12.8. The first kappa shape index (κ1) is 22.7. The molecule has 8 nitrogen and oxygen atoms in total. The van der Waals surface area contributed by atoms with E-state index < -0.39 is 10.0 Å². The zero-order chi connectivity index (χ0) is 20.9. The van der Waals surface area contributed by atoms with E-state index in [0.29, 0.717) is 31.9 Å². The van der Waals surface area contributed by atoms with Crippen molar-refractivity contribution in [2.24, 2.45) is 0 Å². The first-order chi connectivity index (χ1) is 13.2. The standard InChI is InChI=1S/C18H28N4O4S2/c1-5-21(6-2)28(25,26)14-7-8-16-15(11-14)22(18(24)13-27-16)12-17(23)19-9-10-20(3)4/h7-8,11H,5-6,9-10,12-13H2,1-4H3,(H,19,23). The molecule has 0 bridgehead atoms. The Kier molecular flexibility index (Phi) is 7.87. The molecule has 0 saturated heterocycles. The van der Waals surface area contributed by atoms with Gasteiger partial charge in [0.2, 0.25) is 21.8 Å². The minimum atomic E-state index is -3.65. The quantitative estimate of drug-likeness (QED) is 0.627. The molecule has 0 spiro atoms. The predicted molar refractivity (Wildman–Crippen MR) is 111 cm³/mol. The molecule has 156 valence electrons. The number of rotatable bonds is 9. The second kappa shape index (κ2) is 9.73. The fourth-order valence-electron chi connectivity index (χ4n) is 2.85. The van der Waals surface area contributed by atoms with E-state index in [2.05, 4.69) is 5.32 Å². The Morgan fingerprint density at radius 2 is 1.93 bits per heavy atom. The van der Waals surface area contributed by atoms with E-state index in [1.165, 1.54) is 27.0 Å². The number of anilines is 1. The van der Waals surface area contributed by atoms with Crippen LogP contribution < -0.4 is 10.2 Å². The number of nitrogens with zero attached hydrogens (tertiary/aromatic N) is 3. The smallest absolute Gasteiger partial charge is 0.243 e. The lowest BCUT2D eigenvalue weighted by Crippen LogP contribution is -2.44. The van der Waals surface area contributed by atoms with Crippen molar-refractivity contribution >= 4 is 39.3 Å². The Bertz CT molecular complexity index is 823. The molecule has 0 radical (unpaired) electrons. The van der Waals surface area contributed by atoms with Gasteiger partial charge in [0, 0.05) is 31.1 Å². The van der Waals surface area contributed by atoms with Crippen LogP contribution in [-0.2, 0) is 19.6 Å². The molecule has 0 aromatic heterocycles. The summed E-state index contributed by atoms with van der Waals surface area (Å²) < 4.78 is 27.0. The summed E-state index contributed by atoms with van der Waals surface area (Å²) in [7, 11) is 0.169. The second-order valence-electron chi connectivity index (χ2n) is 6.64. The van der Waals surface area contributed by atoms with Crippen molar-refractivity contribution < 1.29 is 18.0 Å². The van der Waals surface area contributed by atoms with Crippen LogP contribution in [0.15, 0.2) is 28.0 Å². The van der Waals surface area contributed by atoms with E-state index in [1.807, 2.05) is 19.0 Å². The lowest BCUT2D eigenvalue weighted by molar-refractivity contribution is -0.123. The average Bonchev–Trinajstić information content (AvgIpc) is 2.64. The fraction of sp³-hybridized carbons (Fsp3) is 0.556. The van der Waals surface area contributed by atoms with E-state index in [0.717, 1.165) is 4.90 Å². The molecule has 1 aromatic carbocycles. The summed E-state index contributed by atoms with van der Waals surface area (Å²) in [4.78, 5) is 29.0. The van der Waals surface area contributed by atoms with Gasteiger partial charge < -0.3 is 15.1 Å². The molecule has 1 heterocycles. The first-order valence-electron chi connectivity index (χ1n) is 9.19. The van der Waals surface area contributed by atoms with Crippen LogP contribution in [0, 0.1) is 0 Å². The van der Waals surface area contributed by atoms with Gasteiger partial charge in [0.1, 0.15) is 6.54 Å². The van der Waals surface area contributed by atoms with Crippen LogP contribution in [0.3, 0.4) is 0 Å². The number of hydrogen-bond donors (Lipinski definition) is 1. The summed E-state index contributed by atoms with van der Waals surface area (Å²) in [5.41, 5.74) is 0.470. The zero-order valence-electron chi connectivity index (χ0n) is 16.8. The third-order valence-electron chi connectivity index (χ3n) is 4.40. The van der Waals surface area contributed by atoms with Crippen LogP contribution >= 0.6 is 11.8 Å². The Balaban J connectivity index is 2.27. The van der Waals surface area contributed by atoms with E-state index in [9.17, 15) is 18.0 Å². The van der Waals surface area contributed by atoms with Crippen molar-refractivity contribution in [3.63, 3.8) is 0 Å². The van der Waals surface area contributed by atoms with E-state index in [4.69, 9.17) is 0 Å². The monoisotopic (exact) mass is 428 g/mol. The number of carbonyl (C=O) groups excluding carboxylic acids is 2. The summed E-state index contributed by atoms with van der Waals surface area (Å²) in [6, 6.07) is 4.77. The van der Waals surface area contributed by atoms with Gasteiger partial charge in [-0.25, -0.2) is 8.42 Å². The SMILES string of the molecule is CCN(CC)S(=O)(=O)c1ccc2c(c1)N(CC(=O)NCCN(C)C)C(=O)CS2. The predicted octanol–water partition coefficient (Wildman–Crippen LogP) is 0.834. The number of nitrogens with one attached hydrogen (secondary N) is 1. The average molecular weight is 429 g/mol. The van der Waals surface area contributed by atoms with Crippen molar-refractivity contribution in [3.8, 4) is 0 Å². The van der Waals surface area contributed by atoms with Gasteiger partial charge in [-0.1, -0.05) is 13.8 Å². The van der Waals surface area contributed by atoms with Gasteiger partial charge in [-0.05, 0) is 32.3 Å². The number of sulfonamides is 1. The molecule has 2 rings (SSSR count). The van der Waals surface area contributed by atoms with Crippen LogP contribution in [0.5, 0.6) is 0 Å². The van der Waals surface area contributed by atoms with Crippen LogP contribution in [0.4, 0.5) is 5.69 Å². The van der Waals surface area contributed by atoms with E-state index in [1.54, 1.807) is 26.0 Å². The van der Waals surface area contributed by atoms with Crippen LogP contribution in [0.1, 0.15) is 13.8 Å². The third kappa shape index (κ3) is 5.25. The van der Waals surface area contributed by atoms with Crippen molar-refractivity contribution in [2.45, 2.75) is 23.6 Å². The van der Waals surface area contributed by atoms with Gasteiger partial charge in [-0.2, -0.15) is 4.31 Å². The van der Waals surface area contributed by atoms with Gasteiger partial charge in [-0.3, -0.25) is 9.59 Å². The van der Waals surface area contributed by atoms with Crippen molar-refractivity contribution in [2.75, 3.05) is 57.5 Å². The highest BCUT2D eigenvalue weighted by molar-refractivity contribution is 8.00. The molecule has 1 aliphatic rings. The summed E-state index contributed by atoms with van der Waals surface area (Å²) in [5, 5.41) is 2.79. The molecular weight excluding hydrogens is 400 g/mol. The zero-order valence-corrected chi connectivity index (χ0v) is 18.4. The Morgan fingerprint density at radius 3 is 2.54 bits per heavy atom. The highest BCUT2D eigenvalue weighted by Gasteiger charge is 2.29. The topological polar surface area (TPSA) is 90.0 Å². The molecule has 1 N–H and O–H groups in total. The molecule has 0 atom stereocenters. The van der Waals surface area contributed by atoms with Crippen LogP contribution in [0.2, 0.25) is 0 Å². The summed E-state index contributed by atoms with van der Waals surface area (Å²) in [5.74, 6) is -0.261. The van der Waals surface area contributed by atoms with Gasteiger partial charge in [0.15, 0.2) is 0 Å². The minimum absolute atomic E-state index is 0.128. The molecule has 1 aliphatic heterocycles. The maximum absolute atomic E-state index is 12.8. The van der Waals surface area contributed by atoms with Gasteiger partial charge >= 0.3 is 0 Å². The van der Waals surface area contributed by atoms with Gasteiger partial charge in [0.05, 0.1) is 16.3 Å². The molecular formula is C18H28N4O4S2. The van der Waals surface area contributed by atoms with Gasteiger partial charge in [-0.15, -0.1) is 11.8 Å². The molecule has 1 aromatic rings. The number of likely N-dealkylation sites (N-methyl/N-ethyl adjacent to an activating group) is 1. The van der Waals surface area contributed by atoms with Crippen molar-refractivity contribution in [3.05, 3.63) is 18.2 Å². The maximum Gasteiger partial charge on any atom is 0.243 e. The lowest BCUT2D eigenvalue weighted by Gasteiger charge is -2.29. The molecule has 2 amide bonds. The number of fused-ring (bicyclic) bond motifs is 1. The number of carbonyl (C=O) groups is 2. The van der Waals surface area contributed by atoms with E-state index in [-0.39, 0.29) is 29.0 Å². The summed E-state index contributed by atoms with van der Waals surface area (Å²) in [6.07, 6.45) is 0. The number of hydrogen-bond acceptors (Lipinski definition) is 6. The normalized spacial score (nSPS) is 14.5. The number of amides is 2. The molecule has 10 heteroatoms. The summed E-state index contributed by atoms with van der Waals surface area (Å²) >= 11 is 1.35. The minimum Gasteiger partial charge on any atom is -0.353 e. The van der Waals surface area contributed by atoms with E-state index >= 15 is 0 Å². The Hall–Kier alpha value is -1.62.